The standard InChI is InChI=1S/C22H19F3N6O.C22H21FN6O.C21H18F3N7O.C21H23F3N6O/c23-22(24,25)18-12-14(8-10-26-18)16-6-7-17-20(28-16)31(15-4-3-11-30(17)13-15)21(32)29-19-5-1-2-9-27-19;1-14-11-15(6-8-24-14)18-4-5-19-21(26-18)29(17-3-2-10-28(19)13-17)22(30)27-20-12-16(23)7-9-25-20;22-21(23,24)17-11-13(7-9-25-17)15-5-6-16-19(27-15)31(14-3-2-10-30(16)12-14)20(32)28-18-4-1-8-26-29-18;22-21(23,24)14-8-11-29(12-14)18-7-6-16-19(27-18)30(15-4-3-10-28(16)13-15)20(31)26-17-5-1-2-9-25-17/h1-2,5-10,12,15H,3-4,11,13H2,(H,27,29,32);4-9,11-12,17H,2-3,10,13H2,1H3,(H,25,27,30);1,4-9,11,14H,2-3,10,12H2,(H,28,29,32);1-2,5-7,9,14-15H,3-4,8,10-13H2,(H,25,26,31)/t15-;17-;14-;14-,15-/m0000/s1. The molecule has 644 valence electrons. The number of rotatable bonds is 8. The number of fused-ring (bicyclic) bond motifs is 16. The van der Waals surface area contributed by atoms with E-state index in [1.165, 1.54) is 36.7 Å². The van der Waals surface area contributed by atoms with Gasteiger partial charge in [0.1, 0.15) is 40.5 Å². The average molecular weight is 1720 g/mol. The summed E-state index contributed by atoms with van der Waals surface area (Å²) >= 11 is 0. The molecule has 0 unspecified atom stereocenters. The minimum absolute atomic E-state index is 0.00161. The number of carbonyl (C=O) groups excluding carboxylic acids is 4. The van der Waals surface area contributed by atoms with Crippen molar-refractivity contribution in [2.75, 3.05) is 131 Å². The summed E-state index contributed by atoms with van der Waals surface area (Å²) in [6.45, 7) is 8.42. The number of aryl methyl sites for hydroxylation is 1. The molecule has 20 rings (SSSR count). The number of nitrogens with zero attached hydrogens (tertiary/aromatic N) is 21. The molecule has 0 radical (unpaired) electrons. The van der Waals surface area contributed by atoms with Crippen molar-refractivity contribution in [3.05, 3.63) is 212 Å². The van der Waals surface area contributed by atoms with Gasteiger partial charge in [0.25, 0.3) is 0 Å². The molecule has 5 fully saturated rings. The molecule has 11 aromatic heterocycles. The van der Waals surface area contributed by atoms with E-state index in [-0.39, 0.29) is 72.2 Å². The summed E-state index contributed by atoms with van der Waals surface area (Å²) in [6, 6.07) is 37.9. The van der Waals surface area contributed by atoms with Crippen LogP contribution in [0, 0.1) is 18.7 Å². The zero-order valence-electron chi connectivity index (χ0n) is 67.0. The van der Waals surface area contributed by atoms with Crippen molar-refractivity contribution in [2.24, 2.45) is 5.92 Å². The molecule has 8 amide bonds. The Hall–Kier alpha value is -14.0. The molecule has 8 bridgehead atoms. The summed E-state index contributed by atoms with van der Waals surface area (Å²) in [4.78, 5) is 112. The average Bonchev–Trinajstić information content (AvgIpc) is 1.18. The van der Waals surface area contributed by atoms with Crippen LogP contribution in [-0.2, 0) is 12.4 Å². The number of carbonyl (C=O) groups is 4. The number of halogens is 10. The fraction of sp³-hybridized carbons (Fsp3) is 0.326. The van der Waals surface area contributed by atoms with Crippen LogP contribution in [0.1, 0.15) is 74.9 Å². The second kappa shape index (κ2) is 35.1. The van der Waals surface area contributed by atoms with Crippen molar-refractivity contribution in [1.29, 1.82) is 0 Å². The fourth-order valence-corrected chi connectivity index (χ4v) is 17.2. The SMILES string of the molecule is Cc1cc(-c2ccc3c(n2)N(C(=O)Nc2cc(F)ccn2)[C@H]2CCCN3C2)ccn1.O=C(Nc1ccccn1)N1c2nc(-c3ccnc(C(F)(F)F)c3)ccc2N2CCC[C@H]1C2.O=C(Nc1ccccn1)N1c2nc(N3CC[C@H](C(F)(F)F)C3)ccc2N2CCC[C@H]1C2.O=C(Nc1cccnn1)N1c2nc(-c3ccnc(C(F)(F)F)c3)ccc2N2CCC[C@H]1C2. The minimum atomic E-state index is -4.56. The highest BCUT2D eigenvalue weighted by Gasteiger charge is 2.47. The maximum absolute atomic E-state index is 13.5. The quantitative estimate of drug-likeness (QED) is 0.103. The van der Waals surface area contributed by atoms with Crippen molar-refractivity contribution in [3.63, 3.8) is 0 Å². The highest BCUT2D eigenvalue weighted by molar-refractivity contribution is 6.07. The molecule has 20 heterocycles. The van der Waals surface area contributed by atoms with Crippen LogP contribution in [-0.4, -0.2) is 180 Å². The highest BCUT2D eigenvalue weighted by atomic mass is 19.4. The summed E-state index contributed by atoms with van der Waals surface area (Å²) in [5.74, 6) is 1.97. The summed E-state index contributed by atoms with van der Waals surface area (Å²) in [7, 11) is 0. The predicted octanol–water partition coefficient (Wildman–Crippen LogP) is 16.4. The number of urea groups is 4. The first-order chi connectivity index (χ1) is 60.3. The normalized spacial score (nSPS) is 18.9. The van der Waals surface area contributed by atoms with E-state index in [1.54, 1.807) is 116 Å². The first-order valence-corrected chi connectivity index (χ1v) is 40.8. The summed E-state index contributed by atoms with van der Waals surface area (Å²) < 4.78 is 132. The van der Waals surface area contributed by atoms with E-state index >= 15 is 0 Å². The van der Waals surface area contributed by atoms with Gasteiger partial charge in [0, 0.05) is 137 Å². The Kier molecular flexibility index (Phi) is 23.3. The van der Waals surface area contributed by atoms with Crippen molar-refractivity contribution in [2.45, 2.75) is 107 Å². The van der Waals surface area contributed by atoms with Crippen molar-refractivity contribution in [3.8, 4) is 33.8 Å². The van der Waals surface area contributed by atoms with E-state index in [1.807, 2.05) is 43.3 Å². The van der Waals surface area contributed by atoms with Gasteiger partial charge in [-0.15, -0.1) is 5.10 Å². The van der Waals surface area contributed by atoms with Gasteiger partial charge in [0.05, 0.1) is 69.9 Å². The van der Waals surface area contributed by atoms with Crippen molar-refractivity contribution < 1.29 is 63.1 Å². The lowest BCUT2D eigenvalue weighted by molar-refractivity contribution is -0.168. The Morgan fingerprint density at radius 1 is 0.360 bits per heavy atom. The van der Waals surface area contributed by atoms with Gasteiger partial charge in [-0.1, -0.05) is 12.1 Å². The molecule has 0 saturated carbocycles. The lowest BCUT2D eigenvalue weighted by Crippen LogP contribution is -2.56. The van der Waals surface area contributed by atoms with Gasteiger partial charge in [-0.05, 0) is 192 Å². The Labute approximate surface area is 709 Å². The van der Waals surface area contributed by atoms with Gasteiger partial charge in [-0.2, -0.15) is 44.6 Å². The van der Waals surface area contributed by atoms with E-state index in [9.17, 15) is 63.1 Å². The largest absolute Gasteiger partial charge is 0.433 e. The molecule has 29 nitrogen and oxygen atoms in total. The van der Waals surface area contributed by atoms with E-state index < -0.39 is 47.7 Å². The third kappa shape index (κ3) is 18.3. The zero-order valence-corrected chi connectivity index (χ0v) is 67.0. The number of nitrogens with one attached hydrogen (secondary N) is 4. The molecule has 39 heteroatoms. The number of alkyl halides is 9. The fourth-order valence-electron chi connectivity index (χ4n) is 17.2. The summed E-state index contributed by atoms with van der Waals surface area (Å²) in [5.41, 5.74) is 5.20. The van der Waals surface area contributed by atoms with Crippen molar-refractivity contribution in [1.82, 2.24) is 60.0 Å². The number of anilines is 13. The second-order valence-corrected chi connectivity index (χ2v) is 31.2. The Morgan fingerprint density at radius 3 is 1.14 bits per heavy atom. The molecule has 0 aromatic carbocycles. The van der Waals surface area contributed by atoms with Crippen LogP contribution in [0.3, 0.4) is 0 Å². The molecular formula is C86H81F10N25O4. The molecular weight excluding hydrogens is 1640 g/mol. The third-order valence-corrected chi connectivity index (χ3v) is 23.0. The van der Waals surface area contributed by atoms with Crippen LogP contribution < -0.4 is 65.4 Å². The van der Waals surface area contributed by atoms with Gasteiger partial charge in [0.2, 0.25) is 0 Å². The molecule has 5 atom stereocenters. The summed E-state index contributed by atoms with van der Waals surface area (Å²) in [5, 5.41) is 18.8. The molecule has 5 saturated heterocycles. The number of hydrogen-bond donors (Lipinski definition) is 4. The molecule has 0 spiro atoms. The second-order valence-electron chi connectivity index (χ2n) is 31.2. The maximum atomic E-state index is 13.5. The van der Waals surface area contributed by atoms with Gasteiger partial charge in [-0.25, -0.2) is 58.5 Å². The van der Waals surface area contributed by atoms with Crippen LogP contribution >= 0.6 is 0 Å². The van der Waals surface area contributed by atoms with Crippen LogP contribution in [0.25, 0.3) is 33.8 Å². The lowest BCUT2D eigenvalue weighted by atomic mass is 9.99. The van der Waals surface area contributed by atoms with Gasteiger partial charge >= 0.3 is 42.7 Å². The van der Waals surface area contributed by atoms with Crippen LogP contribution in [0.15, 0.2) is 189 Å². The van der Waals surface area contributed by atoms with E-state index in [0.29, 0.717) is 84.1 Å². The van der Waals surface area contributed by atoms with Crippen LogP contribution in [0.4, 0.5) is 138 Å². The number of piperidine rings is 4. The van der Waals surface area contributed by atoms with Crippen LogP contribution in [0.2, 0.25) is 0 Å². The number of aromatic nitrogens is 12. The third-order valence-electron chi connectivity index (χ3n) is 23.0. The van der Waals surface area contributed by atoms with Crippen LogP contribution in [0.5, 0.6) is 0 Å². The van der Waals surface area contributed by atoms with E-state index in [4.69, 9.17) is 9.97 Å². The van der Waals surface area contributed by atoms with E-state index in [2.05, 4.69) is 90.9 Å². The van der Waals surface area contributed by atoms with Gasteiger partial charge in [0.15, 0.2) is 29.1 Å². The topological polar surface area (TPSA) is 300 Å². The molecule has 9 aliphatic heterocycles. The zero-order chi connectivity index (χ0) is 86.8. The Morgan fingerprint density at radius 2 is 0.752 bits per heavy atom. The first kappa shape index (κ1) is 83.2. The Balaban J connectivity index is 0.000000118. The Bertz CT molecular complexity index is 5610. The number of hydrogen-bond acceptors (Lipinski definition) is 21. The molecule has 0 aliphatic carbocycles. The molecule has 11 aromatic rings. The van der Waals surface area contributed by atoms with E-state index in [0.717, 1.165) is 148 Å². The molecule has 4 N–H and O–H groups in total. The summed E-state index contributed by atoms with van der Waals surface area (Å²) in [6.07, 6.45) is 3.87. The lowest BCUT2D eigenvalue weighted by Gasteiger charge is -2.46. The first-order valence-electron chi connectivity index (χ1n) is 40.8. The predicted molar refractivity (Wildman–Crippen MR) is 449 cm³/mol. The number of amides is 8. The van der Waals surface area contributed by atoms with Gasteiger partial charge < -0.3 is 24.5 Å². The molecule has 125 heavy (non-hydrogen) atoms. The minimum Gasteiger partial charge on any atom is -0.366 e. The monoisotopic (exact) mass is 1720 g/mol. The van der Waals surface area contributed by atoms with Gasteiger partial charge in [-0.3, -0.25) is 55.8 Å². The smallest absolute Gasteiger partial charge is 0.366 e. The highest BCUT2D eigenvalue weighted by Crippen LogP contribution is 2.47. The maximum Gasteiger partial charge on any atom is 0.433 e. The van der Waals surface area contributed by atoms with Crippen molar-refractivity contribution >= 4 is 99.2 Å². The number of pyridine rings is 10. The molecule has 9 aliphatic rings.